The Morgan fingerprint density at radius 2 is 1.33 bits per heavy atom. The molecule has 0 spiro atoms. The van der Waals surface area contributed by atoms with Gasteiger partial charge < -0.3 is 9.80 Å². The SMILES string of the molecule is CCN(CC)C(=O)c1cccc(C(=O)N(CC)c2ccccc2)c1. The molecule has 0 fully saturated rings. The Kier molecular flexibility index (Phi) is 6.13. The minimum atomic E-state index is -0.0992. The molecule has 24 heavy (non-hydrogen) atoms. The summed E-state index contributed by atoms with van der Waals surface area (Å²) in [5, 5.41) is 0. The fraction of sp³-hybridized carbons (Fsp3) is 0.300. The van der Waals surface area contributed by atoms with Crippen molar-refractivity contribution < 1.29 is 9.59 Å². The lowest BCUT2D eigenvalue weighted by atomic mass is 10.1. The first-order valence-corrected chi connectivity index (χ1v) is 8.38. The summed E-state index contributed by atoms with van der Waals surface area (Å²) in [6.45, 7) is 7.71. The van der Waals surface area contributed by atoms with Crippen LogP contribution >= 0.6 is 0 Å². The summed E-state index contributed by atoms with van der Waals surface area (Å²) in [7, 11) is 0. The number of benzene rings is 2. The first-order valence-electron chi connectivity index (χ1n) is 8.38. The number of amides is 2. The van der Waals surface area contributed by atoms with Crippen molar-refractivity contribution in [2.75, 3.05) is 24.5 Å². The van der Waals surface area contributed by atoms with Gasteiger partial charge in [-0.1, -0.05) is 24.3 Å². The zero-order valence-corrected chi connectivity index (χ0v) is 14.5. The highest BCUT2D eigenvalue weighted by atomic mass is 16.2. The van der Waals surface area contributed by atoms with E-state index in [1.54, 1.807) is 34.1 Å². The molecule has 0 unspecified atom stereocenters. The van der Waals surface area contributed by atoms with Gasteiger partial charge in [0.05, 0.1) is 0 Å². The minimum absolute atomic E-state index is 0.0441. The smallest absolute Gasteiger partial charge is 0.258 e. The van der Waals surface area contributed by atoms with Crippen LogP contribution in [-0.2, 0) is 0 Å². The monoisotopic (exact) mass is 324 g/mol. The van der Waals surface area contributed by atoms with Gasteiger partial charge in [0.25, 0.3) is 11.8 Å². The van der Waals surface area contributed by atoms with Gasteiger partial charge in [-0.25, -0.2) is 0 Å². The average Bonchev–Trinajstić information content (AvgIpc) is 2.64. The molecule has 4 heteroatoms. The Bertz CT molecular complexity index is 694. The van der Waals surface area contributed by atoms with Crippen molar-refractivity contribution in [1.82, 2.24) is 4.90 Å². The van der Waals surface area contributed by atoms with Crippen molar-refractivity contribution in [3.63, 3.8) is 0 Å². The number of nitrogens with zero attached hydrogens (tertiary/aromatic N) is 2. The van der Waals surface area contributed by atoms with Crippen LogP contribution in [0.5, 0.6) is 0 Å². The summed E-state index contributed by atoms with van der Waals surface area (Å²) in [6.07, 6.45) is 0. The van der Waals surface area contributed by atoms with Crippen LogP contribution in [0.3, 0.4) is 0 Å². The van der Waals surface area contributed by atoms with Gasteiger partial charge in [-0.3, -0.25) is 9.59 Å². The zero-order valence-electron chi connectivity index (χ0n) is 14.5. The summed E-state index contributed by atoms with van der Waals surface area (Å²) in [4.78, 5) is 28.8. The van der Waals surface area contributed by atoms with Crippen LogP contribution in [0.1, 0.15) is 41.5 Å². The maximum absolute atomic E-state index is 12.9. The number of para-hydroxylation sites is 1. The van der Waals surface area contributed by atoms with Crippen LogP contribution in [0.25, 0.3) is 0 Å². The molecule has 0 radical (unpaired) electrons. The lowest BCUT2D eigenvalue weighted by Gasteiger charge is -2.22. The van der Waals surface area contributed by atoms with Gasteiger partial charge in [0.1, 0.15) is 0 Å². The summed E-state index contributed by atoms with van der Waals surface area (Å²) >= 11 is 0. The number of rotatable bonds is 6. The lowest BCUT2D eigenvalue weighted by molar-refractivity contribution is 0.0773. The van der Waals surface area contributed by atoms with Gasteiger partial charge >= 0.3 is 0 Å². The summed E-state index contributed by atoms with van der Waals surface area (Å²) in [5.74, 6) is -0.143. The molecular formula is C20H24N2O2. The van der Waals surface area contributed by atoms with E-state index < -0.39 is 0 Å². The van der Waals surface area contributed by atoms with Crippen molar-refractivity contribution in [3.05, 3.63) is 65.7 Å². The molecule has 2 amide bonds. The molecule has 0 aliphatic heterocycles. The maximum Gasteiger partial charge on any atom is 0.258 e. The molecule has 0 aromatic heterocycles. The van der Waals surface area contributed by atoms with Gasteiger partial charge in [0.15, 0.2) is 0 Å². The Balaban J connectivity index is 2.30. The molecule has 0 bridgehead atoms. The number of hydrogen-bond acceptors (Lipinski definition) is 2. The Morgan fingerprint density at radius 1 is 0.750 bits per heavy atom. The van der Waals surface area contributed by atoms with Gasteiger partial charge in [-0.15, -0.1) is 0 Å². The fourth-order valence-corrected chi connectivity index (χ4v) is 2.69. The highest BCUT2D eigenvalue weighted by Crippen LogP contribution is 2.18. The molecule has 2 aromatic carbocycles. The van der Waals surface area contributed by atoms with Gasteiger partial charge in [0.2, 0.25) is 0 Å². The van der Waals surface area contributed by atoms with Crippen LogP contribution in [0.2, 0.25) is 0 Å². The molecule has 0 aliphatic rings. The largest absolute Gasteiger partial charge is 0.339 e. The lowest BCUT2D eigenvalue weighted by Crippen LogP contribution is -2.32. The molecule has 0 saturated heterocycles. The Hall–Kier alpha value is -2.62. The number of carbonyl (C=O) groups excluding carboxylic acids is 2. The topological polar surface area (TPSA) is 40.6 Å². The Labute approximate surface area is 143 Å². The molecule has 4 nitrogen and oxygen atoms in total. The van der Waals surface area contributed by atoms with Crippen LogP contribution < -0.4 is 4.90 Å². The third kappa shape index (κ3) is 3.82. The predicted molar refractivity (Wildman–Crippen MR) is 97.5 cm³/mol. The Morgan fingerprint density at radius 3 is 1.88 bits per heavy atom. The normalized spacial score (nSPS) is 10.3. The van der Waals surface area contributed by atoms with E-state index in [-0.39, 0.29) is 11.8 Å². The second kappa shape index (κ2) is 8.29. The van der Waals surface area contributed by atoms with Crippen molar-refractivity contribution in [2.45, 2.75) is 20.8 Å². The number of anilines is 1. The van der Waals surface area contributed by atoms with E-state index >= 15 is 0 Å². The first kappa shape index (κ1) is 17.7. The first-order chi connectivity index (χ1) is 11.6. The average molecular weight is 324 g/mol. The van der Waals surface area contributed by atoms with Crippen molar-refractivity contribution in [3.8, 4) is 0 Å². The molecule has 0 N–H and O–H groups in total. The quantitative estimate of drug-likeness (QED) is 0.810. The molecule has 0 atom stereocenters. The third-order valence-corrected chi connectivity index (χ3v) is 4.04. The molecule has 0 aliphatic carbocycles. The molecule has 126 valence electrons. The predicted octanol–water partition coefficient (Wildman–Crippen LogP) is 3.84. The second-order valence-electron chi connectivity index (χ2n) is 5.44. The third-order valence-electron chi connectivity index (χ3n) is 4.04. The van der Waals surface area contributed by atoms with Crippen LogP contribution in [-0.4, -0.2) is 36.3 Å². The summed E-state index contributed by atoms with van der Waals surface area (Å²) in [5.41, 5.74) is 1.93. The number of hydrogen-bond donors (Lipinski definition) is 0. The van der Waals surface area contributed by atoms with E-state index in [9.17, 15) is 9.59 Å². The summed E-state index contributed by atoms with van der Waals surface area (Å²) < 4.78 is 0. The molecular weight excluding hydrogens is 300 g/mol. The highest BCUT2D eigenvalue weighted by Gasteiger charge is 2.18. The molecule has 2 rings (SSSR count). The zero-order chi connectivity index (χ0) is 17.5. The fourth-order valence-electron chi connectivity index (χ4n) is 2.69. The summed E-state index contributed by atoms with van der Waals surface area (Å²) in [6, 6.07) is 16.5. The van der Waals surface area contributed by atoms with E-state index in [0.29, 0.717) is 30.8 Å². The molecule has 0 heterocycles. The van der Waals surface area contributed by atoms with Crippen LogP contribution in [0.15, 0.2) is 54.6 Å². The van der Waals surface area contributed by atoms with Crippen LogP contribution in [0.4, 0.5) is 5.69 Å². The highest BCUT2D eigenvalue weighted by molar-refractivity contribution is 6.07. The van der Waals surface area contributed by atoms with Crippen LogP contribution in [0, 0.1) is 0 Å². The van der Waals surface area contributed by atoms with Gasteiger partial charge in [0, 0.05) is 36.4 Å². The van der Waals surface area contributed by atoms with Gasteiger partial charge in [-0.05, 0) is 51.1 Å². The second-order valence-corrected chi connectivity index (χ2v) is 5.44. The van der Waals surface area contributed by atoms with Gasteiger partial charge in [-0.2, -0.15) is 0 Å². The maximum atomic E-state index is 12.9. The van der Waals surface area contributed by atoms with E-state index in [1.807, 2.05) is 51.1 Å². The minimum Gasteiger partial charge on any atom is -0.339 e. The molecule has 2 aromatic rings. The van der Waals surface area contributed by atoms with E-state index in [2.05, 4.69) is 0 Å². The van der Waals surface area contributed by atoms with Crippen molar-refractivity contribution in [1.29, 1.82) is 0 Å². The van der Waals surface area contributed by atoms with Crippen molar-refractivity contribution >= 4 is 17.5 Å². The molecule has 0 saturated carbocycles. The standard InChI is InChI=1S/C20H24N2O2/c1-4-21(5-2)19(23)16-11-10-12-17(15-16)20(24)22(6-3)18-13-8-7-9-14-18/h7-15H,4-6H2,1-3H3. The number of carbonyl (C=O) groups is 2. The van der Waals surface area contributed by atoms with E-state index in [1.165, 1.54) is 0 Å². The van der Waals surface area contributed by atoms with E-state index in [4.69, 9.17) is 0 Å². The van der Waals surface area contributed by atoms with Crippen molar-refractivity contribution in [2.24, 2.45) is 0 Å². The van der Waals surface area contributed by atoms with E-state index in [0.717, 1.165) is 5.69 Å².